The van der Waals surface area contributed by atoms with Crippen molar-refractivity contribution in [2.45, 2.75) is 13.8 Å². The molecule has 0 saturated carbocycles. The summed E-state index contributed by atoms with van der Waals surface area (Å²) in [6.45, 7) is 3.85. The molecule has 0 fully saturated rings. The number of hydrogen-bond acceptors (Lipinski definition) is 1. The Labute approximate surface area is 66.8 Å². The Morgan fingerprint density at radius 1 is 1.50 bits per heavy atom. The van der Waals surface area contributed by atoms with Crippen LogP contribution in [0.4, 0.5) is 0 Å². The summed E-state index contributed by atoms with van der Waals surface area (Å²) in [5.41, 5.74) is 6.17. The number of thiocarbonyl (C=S) groups is 1. The van der Waals surface area contributed by atoms with Crippen LogP contribution in [0.15, 0.2) is 23.9 Å². The number of nitrogens with one attached hydrogen (secondary N) is 1. The lowest BCUT2D eigenvalue weighted by Gasteiger charge is -2.01. The Bertz CT molecular complexity index is 170. The molecule has 0 saturated heterocycles. The second-order valence-electron chi connectivity index (χ2n) is 1.73. The Kier molecular flexibility index (Phi) is 4.58. The van der Waals surface area contributed by atoms with Gasteiger partial charge in [0.05, 0.1) is 0 Å². The van der Waals surface area contributed by atoms with E-state index in [1.807, 2.05) is 32.1 Å². The van der Waals surface area contributed by atoms with E-state index in [2.05, 4.69) is 17.5 Å². The monoisotopic (exact) mass is 156 g/mol. The molecule has 0 unspecified atom stereocenters. The quantitative estimate of drug-likeness (QED) is 0.467. The van der Waals surface area contributed by atoms with Crippen LogP contribution < -0.4 is 11.1 Å². The molecule has 0 aliphatic heterocycles. The smallest absolute Gasteiger partial charge is 0.168 e. The van der Waals surface area contributed by atoms with E-state index in [4.69, 9.17) is 5.73 Å². The Hall–Kier alpha value is -0.830. The summed E-state index contributed by atoms with van der Waals surface area (Å²) in [5, 5.41) is 3.11. The van der Waals surface area contributed by atoms with Gasteiger partial charge in [-0.25, -0.2) is 0 Å². The molecule has 3 heteroatoms. The van der Waals surface area contributed by atoms with Gasteiger partial charge in [0, 0.05) is 5.70 Å². The Balaban J connectivity index is 3.98. The van der Waals surface area contributed by atoms with Crippen LogP contribution in [0, 0.1) is 0 Å². The van der Waals surface area contributed by atoms with E-state index in [9.17, 15) is 0 Å². The molecule has 0 aliphatic rings. The highest BCUT2D eigenvalue weighted by atomic mass is 32.1. The predicted octanol–water partition coefficient (Wildman–Crippen LogP) is 1.30. The lowest BCUT2D eigenvalue weighted by Crippen LogP contribution is -2.27. The maximum atomic E-state index is 5.24. The molecule has 2 nitrogen and oxygen atoms in total. The lowest BCUT2D eigenvalue weighted by atomic mass is 10.4. The molecule has 56 valence electrons. The summed E-state index contributed by atoms with van der Waals surface area (Å²) >= 11 is 4.64. The van der Waals surface area contributed by atoms with Crippen molar-refractivity contribution in [3.8, 4) is 0 Å². The average Bonchev–Trinajstić information content (AvgIpc) is 1.86. The second kappa shape index (κ2) is 4.99. The van der Waals surface area contributed by atoms with Gasteiger partial charge in [-0.1, -0.05) is 12.2 Å². The van der Waals surface area contributed by atoms with Crippen LogP contribution in [0.5, 0.6) is 0 Å². The largest absolute Gasteiger partial charge is 0.376 e. The molecule has 0 spiro atoms. The number of rotatable bonds is 2. The minimum Gasteiger partial charge on any atom is -0.376 e. The average molecular weight is 156 g/mol. The molecule has 0 aliphatic carbocycles. The highest BCUT2D eigenvalue weighted by Crippen LogP contribution is 1.89. The number of hydrogen-bond donors (Lipinski definition) is 2. The summed E-state index contributed by atoms with van der Waals surface area (Å²) < 4.78 is 0. The third kappa shape index (κ3) is 4.09. The molecule has 0 atom stereocenters. The van der Waals surface area contributed by atoms with Crippen LogP contribution in [0.25, 0.3) is 0 Å². The van der Waals surface area contributed by atoms with Crippen molar-refractivity contribution in [2.75, 3.05) is 0 Å². The lowest BCUT2D eigenvalue weighted by molar-refractivity contribution is 1.17. The molecule has 0 aromatic rings. The summed E-state index contributed by atoms with van der Waals surface area (Å²) in [6.07, 6.45) is 5.72. The van der Waals surface area contributed by atoms with Gasteiger partial charge in [0.1, 0.15) is 0 Å². The highest BCUT2D eigenvalue weighted by molar-refractivity contribution is 7.80. The van der Waals surface area contributed by atoms with Crippen LogP contribution in [0.1, 0.15) is 13.8 Å². The molecule has 0 aromatic carbocycles. The molecular formula is C7H12N2S. The molecule has 0 aromatic heterocycles. The second-order valence-corrected chi connectivity index (χ2v) is 2.17. The van der Waals surface area contributed by atoms with Gasteiger partial charge in [-0.2, -0.15) is 0 Å². The predicted molar refractivity (Wildman–Crippen MR) is 48.5 cm³/mol. The first kappa shape index (κ1) is 9.17. The van der Waals surface area contributed by atoms with Crippen molar-refractivity contribution in [1.82, 2.24) is 5.32 Å². The topological polar surface area (TPSA) is 38.0 Å². The normalized spacial score (nSPS) is 12.0. The number of nitrogens with two attached hydrogens (primary N) is 1. The zero-order valence-corrected chi connectivity index (χ0v) is 7.03. The van der Waals surface area contributed by atoms with Gasteiger partial charge in [-0.05, 0) is 32.1 Å². The van der Waals surface area contributed by atoms with E-state index in [-0.39, 0.29) is 0 Å². The minimum atomic E-state index is 0.297. The van der Waals surface area contributed by atoms with Gasteiger partial charge in [0.25, 0.3) is 0 Å². The molecule has 0 bridgehead atoms. The van der Waals surface area contributed by atoms with Crippen molar-refractivity contribution in [2.24, 2.45) is 5.73 Å². The summed E-state index contributed by atoms with van der Waals surface area (Å²) in [6, 6.07) is 0. The van der Waals surface area contributed by atoms with Gasteiger partial charge in [0.15, 0.2) is 5.11 Å². The summed E-state index contributed by atoms with van der Waals surface area (Å²) in [5.74, 6) is 0. The van der Waals surface area contributed by atoms with Crippen molar-refractivity contribution in [3.63, 3.8) is 0 Å². The first-order valence-corrected chi connectivity index (χ1v) is 3.47. The van der Waals surface area contributed by atoms with Crippen molar-refractivity contribution in [3.05, 3.63) is 23.9 Å². The van der Waals surface area contributed by atoms with Crippen molar-refractivity contribution < 1.29 is 0 Å². The van der Waals surface area contributed by atoms with Crippen LogP contribution in [0.3, 0.4) is 0 Å². The molecule has 0 radical (unpaired) electrons. The van der Waals surface area contributed by atoms with Gasteiger partial charge >= 0.3 is 0 Å². The molecule has 0 amide bonds. The van der Waals surface area contributed by atoms with Crippen LogP contribution in [-0.2, 0) is 0 Å². The Morgan fingerprint density at radius 2 is 2.10 bits per heavy atom. The van der Waals surface area contributed by atoms with E-state index in [1.54, 1.807) is 0 Å². The minimum absolute atomic E-state index is 0.297. The van der Waals surface area contributed by atoms with E-state index in [1.165, 1.54) is 0 Å². The maximum Gasteiger partial charge on any atom is 0.168 e. The van der Waals surface area contributed by atoms with E-state index < -0.39 is 0 Å². The summed E-state index contributed by atoms with van der Waals surface area (Å²) in [7, 11) is 0. The molecule has 0 heterocycles. The fourth-order valence-corrected chi connectivity index (χ4v) is 0.650. The fourth-order valence-electron chi connectivity index (χ4n) is 0.532. The molecule has 10 heavy (non-hydrogen) atoms. The van der Waals surface area contributed by atoms with Crippen LogP contribution in [0.2, 0.25) is 0 Å². The van der Waals surface area contributed by atoms with Gasteiger partial charge < -0.3 is 11.1 Å². The van der Waals surface area contributed by atoms with E-state index in [0.717, 1.165) is 5.70 Å². The molecule has 3 N–H and O–H groups in total. The summed E-state index contributed by atoms with van der Waals surface area (Å²) in [4.78, 5) is 0. The zero-order valence-electron chi connectivity index (χ0n) is 6.22. The molecular weight excluding hydrogens is 144 g/mol. The number of allylic oxidation sites excluding steroid dienone is 3. The van der Waals surface area contributed by atoms with Crippen molar-refractivity contribution in [1.29, 1.82) is 0 Å². The van der Waals surface area contributed by atoms with E-state index >= 15 is 0 Å². The first-order chi connectivity index (χ1) is 4.70. The van der Waals surface area contributed by atoms with Gasteiger partial charge in [-0.15, -0.1) is 0 Å². The van der Waals surface area contributed by atoms with Gasteiger partial charge in [-0.3, -0.25) is 0 Å². The highest BCUT2D eigenvalue weighted by Gasteiger charge is 1.87. The maximum absolute atomic E-state index is 5.24. The van der Waals surface area contributed by atoms with Crippen LogP contribution in [-0.4, -0.2) is 5.11 Å². The third-order valence-corrected chi connectivity index (χ3v) is 1.03. The SMILES string of the molecule is C/C=C\C(=C/C)NC(N)=S. The third-order valence-electron chi connectivity index (χ3n) is 0.925. The van der Waals surface area contributed by atoms with Gasteiger partial charge in [0.2, 0.25) is 0 Å². The first-order valence-electron chi connectivity index (χ1n) is 3.06. The molecule has 0 rings (SSSR count). The van der Waals surface area contributed by atoms with E-state index in [0.29, 0.717) is 5.11 Å². The Morgan fingerprint density at radius 3 is 2.40 bits per heavy atom. The van der Waals surface area contributed by atoms with Crippen molar-refractivity contribution >= 4 is 17.3 Å². The standard InChI is InChI=1S/C7H12N2S/c1-3-5-6(4-2)9-7(8)10/h3-5H,1-2H3,(H3,8,9,10)/b5-3-,6-4+. The van der Waals surface area contributed by atoms with Crippen LogP contribution >= 0.6 is 12.2 Å². The zero-order chi connectivity index (χ0) is 7.98. The fraction of sp³-hybridized carbons (Fsp3) is 0.286.